The number of anilines is 1. The van der Waals surface area contributed by atoms with E-state index in [0.29, 0.717) is 0 Å². The van der Waals surface area contributed by atoms with Crippen molar-refractivity contribution in [2.45, 2.75) is 46.1 Å². The van der Waals surface area contributed by atoms with E-state index in [1.807, 2.05) is 19.1 Å². The molecule has 0 saturated heterocycles. The SMILES string of the molecule is CCCN(CCC)c1ccc([C@H](O)CC)cn1. The van der Waals surface area contributed by atoms with Gasteiger partial charge in [-0.2, -0.15) is 0 Å². The first-order valence-corrected chi connectivity index (χ1v) is 6.61. The minimum absolute atomic E-state index is 0.387. The maximum absolute atomic E-state index is 9.71. The van der Waals surface area contributed by atoms with Crippen LogP contribution in [-0.2, 0) is 0 Å². The van der Waals surface area contributed by atoms with Gasteiger partial charge >= 0.3 is 0 Å². The second-order valence-electron chi connectivity index (χ2n) is 4.36. The lowest BCUT2D eigenvalue weighted by Crippen LogP contribution is -2.25. The zero-order valence-electron chi connectivity index (χ0n) is 11.2. The molecule has 1 rings (SSSR count). The normalized spacial score (nSPS) is 12.5. The van der Waals surface area contributed by atoms with Crippen molar-refractivity contribution in [2.75, 3.05) is 18.0 Å². The molecule has 0 aliphatic rings. The minimum atomic E-state index is -0.387. The van der Waals surface area contributed by atoms with Crippen LogP contribution in [0.5, 0.6) is 0 Å². The topological polar surface area (TPSA) is 36.4 Å². The summed E-state index contributed by atoms with van der Waals surface area (Å²) in [7, 11) is 0. The van der Waals surface area contributed by atoms with E-state index in [4.69, 9.17) is 0 Å². The maximum atomic E-state index is 9.71. The third kappa shape index (κ3) is 4.00. The van der Waals surface area contributed by atoms with Crippen molar-refractivity contribution in [3.8, 4) is 0 Å². The van der Waals surface area contributed by atoms with Crippen LogP contribution in [-0.4, -0.2) is 23.2 Å². The van der Waals surface area contributed by atoms with Crippen LogP contribution in [0.4, 0.5) is 5.82 Å². The Morgan fingerprint density at radius 1 is 1.18 bits per heavy atom. The van der Waals surface area contributed by atoms with Crippen LogP contribution in [0.2, 0.25) is 0 Å². The number of aromatic nitrogens is 1. The molecule has 1 N–H and O–H groups in total. The molecule has 1 atom stereocenters. The van der Waals surface area contributed by atoms with Crippen LogP contribution in [0.1, 0.15) is 51.7 Å². The first-order chi connectivity index (χ1) is 8.22. The van der Waals surface area contributed by atoms with Gasteiger partial charge in [-0.25, -0.2) is 4.98 Å². The maximum Gasteiger partial charge on any atom is 0.128 e. The molecule has 1 aromatic rings. The van der Waals surface area contributed by atoms with E-state index in [1.165, 1.54) is 0 Å². The zero-order valence-corrected chi connectivity index (χ0v) is 11.2. The average Bonchev–Trinajstić information content (AvgIpc) is 2.38. The highest BCUT2D eigenvalue weighted by molar-refractivity contribution is 5.39. The van der Waals surface area contributed by atoms with Gasteiger partial charge in [0.15, 0.2) is 0 Å². The Kier molecular flexibility index (Phi) is 5.98. The Morgan fingerprint density at radius 3 is 2.24 bits per heavy atom. The molecule has 1 aromatic heterocycles. The fourth-order valence-electron chi connectivity index (χ4n) is 1.90. The molecule has 0 aliphatic carbocycles. The summed E-state index contributed by atoms with van der Waals surface area (Å²) in [6.45, 7) is 8.40. The van der Waals surface area contributed by atoms with E-state index >= 15 is 0 Å². The Labute approximate surface area is 104 Å². The fraction of sp³-hybridized carbons (Fsp3) is 0.643. The van der Waals surface area contributed by atoms with Crippen molar-refractivity contribution in [1.29, 1.82) is 0 Å². The van der Waals surface area contributed by atoms with Gasteiger partial charge in [-0.05, 0) is 30.9 Å². The molecule has 0 amide bonds. The summed E-state index contributed by atoms with van der Waals surface area (Å²) in [6.07, 6.45) is 4.39. The van der Waals surface area contributed by atoms with Gasteiger partial charge in [-0.3, -0.25) is 0 Å². The van der Waals surface area contributed by atoms with Gasteiger partial charge in [0.05, 0.1) is 6.10 Å². The van der Waals surface area contributed by atoms with E-state index in [0.717, 1.165) is 43.7 Å². The Bertz CT molecular complexity index is 305. The average molecular weight is 236 g/mol. The molecule has 0 fully saturated rings. The molecule has 17 heavy (non-hydrogen) atoms. The van der Waals surface area contributed by atoms with Crippen LogP contribution < -0.4 is 4.90 Å². The van der Waals surface area contributed by atoms with Crippen molar-refractivity contribution < 1.29 is 5.11 Å². The molecule has 0 bridgehead atoms. The van der Waals surface area contributed by atoms with E-state index in [2.05, 4.69) is 23.7 Å². The highest BCUT2D eigenvalue weighted by Gasteiger charge is 2.08. The van der Waals surface area contributed by atoms with Crippen LogP contribution in [0.3, 0.4) is 0 Å². The summed E-state index contributed by atoms with van der Waals surface area (Å²) in [5.74, 6) is 1.01. The summed E-state index contributed by atoms with van der Waals surface area (Å²) in [5, 5.41) is 9.71. The van der Waals surface area contributed by atoms with E-state index in [1.54, 1.807) is 6.20 Å². The summed E-state index contributed by atoms with van der Waals surface area (Å²) < 4.78 is 0. The van der Waals surface area contributed by atoms with Gasteiger partial charge < -0.3 is 10.0 Å². The standard InChI is InChI=1S/C14H24N2O/c1-4-9-16(10-5-2)14-8-7-12(11-15-14)13(17)6-3/h7-8,11,13,17H,4-6,9-10H2,1-3H3/t13-/m1/s1. The lowest BCUT2D eigenvalue weighted by Gasteiger charge is -2.22. The molecule has 0 aliphatic heterocycles. The quantitative estimate of drug-likeness (QED) is 0.790. The van der Waals surface area contributed by atoms with Crippen molar-refractivity contribution in [3.63, 3.8) is 0 Å². The molecule has 0 unspecified atom stereocenters. The minimum Gasteiger partial charge on any atom is -0.388 e. The highest BCUT2D eigenvalue weighted by Crippen LogP contribution is 2.18. The second-order valence-corrected chi connectivity index (χ2v) is 4.36. The van der Waals surface area contributed by atoms with Gasteiger partial charge in [-0.15, -0.1) is 0 Å². The summed E-state index contributed by atoms with van der Waals surface area (Å²) in [4.78, 5) is 6.74. The van der Waals surface area contributed by atoms with Gasteiger partial charge in [0.25, 0.3) is 0 Å². The number of aliphatic hydroxyl groups excluding tert-OH is 1. The smallest absolute Gasteiger partial charge is 0.128 e. The van der Waals surface area contributed by atoms with Gasteiger partial charge in [-0.1, -0.05) is 26.8 Å². The predicted octanol–water partition coefficient (Wildman–Crippen LogP) is 3.15. The van der Waals surface area contributed by atoms with Crippen molar-refractivity contribution in [2.24, 2.45) is 0 Å². The third-order valence-corrected chi connectivity index (χ3v) is 2.85. The molecule has 3 nitrogen and oxygen atoms in total. The molecule has 1 heterocycles. The predicted molar refractivity (Wildman–Crippen MR) is 72.3 cm³/mol. The number of rotatable bonds is 7. The Balaban J connectivity index is 2.76. The van der Waals surface area contributed by atoms with Crippen LogP contribution in [0, 0.1) is 0 Å². The molecule has 0 spiro atoms. The number of nitrogens with zero attached hydrogens (tertiary/aromatic N) is 2. The molecular weight excluding hydrogens is 212 g/mol. The number of aliphatic hydroxyl groups is 1. The number of hydrogen-bond donors (Lipinski definition) is 1. The van der Waals surface area contributed by atoms with Gasteiger partial charge in [0.2, 0.25) is 0 Å². The molecular formula is C14H24N2O. The molecule has 0 aromatic carbocycles. The lowest BCUT2D eigenvalue weighted by molar-refractivity contribution is 0.173. The van der Waals surface area contributed by atoms with Crippen LogP contribution >= 0.6 is 0 Å². The van der Waals surface area contributed by atoms with Crippen molar-refractivity contribution in [3.05, 3.63) is 23.9 Å². The lowest BCUT2D eigenvalue weighted by atomic mass is 10.1. The monoisotopic (exact) mass is 236 g/mol. The van der Waals surface area contributed by atoms with Gasteiger partial charge in [0, 0.05) is 19.3 Å². The van der Waals surface area contributed by atoms with Crippen LogP contribution in [0.25, 0.3) is 0 Å². The van der Waals surface area contributed by atoms with E-state index in [9.17, 15) is 5.11 Å². The van der Waals surface area contributed by atoms with Crippen molar-refractivity contribution >= 4 is 5.82 Å². The summed E-state index contributed by atoms with van der Waals surface area (Å²) in [6, 6.07) is 3.99. The first kappa shape index (κ1) is 14.0. The molecule has 3 heteroatoms. The zero-order chi connectivity index (χ0) is 12.7. The molecule has 0 saturated carbocycles. The van der Waals surface area contributed by atoms with Crippen molar-refractivity contribution in [1.82, 2.24) is 4.98 Å². The fourth-order valence-corrected chi connectivity index (χ4v) is 1.90. The number of pyridine rings is 1. The molecule has 96 valence electrons. The Morgan fingerprint density at radius 2 is 1.82 bits per heavy atom. The third-order valence-electron chi connectivity index (χ3n) is 2.85. The second kappa shape index (κ2) is 7.28. The highest BCUT2D eigenvalue weighted by atomic mass is 16.3. The van der Waals surface area contributed by atoms with E-state index < -0.39 is 0 Å². The summed E-state index contributed by atoms with van der Waals surface area (Å²) >= 11 is 0. The number of hydrogen-bond acceptors (Lipinski definition) is 3. The molecule has 0 radical (unpaired) electrons. The summed E-state index contributed by atoms with van der Waals surface area (Å²) in [5.41, 5.74) is 0.907. The van der Waals surface area contributed by atoms with Crippen LogP contribution in [0.15, 0.2) is 18.3 Å². The first-order valence-electron chi connectivity index (χ1n) is 6.61. The van der Waals surface area contributed by atoms with Gasteiger partial charge in [0.1, 0.15) is 5.82 Å². The largest absolute Gasteiger partial charge is 0.388 e. The van der Waals surface area contributed by atoms with E-state index in [-0.39, 0.29) is 6.10 Å². The Hall–Kier alpha value is -1.09.